The van der Waals surface area contributed by atoms with E-state index in [0.717, 1.165) is 54.4 Å². The summed E-state index contributed by atoms with van der Waals surface area (Å²) in [5.74, 6) is -0.572. The van der Waals surface area contributed by atoms with Gasteiger partial charge >= 0.3 is 11.9 Å². The van der Waals surface area contributed by atoms with Crippen molar-refractivity contribution in [2.75, 3.05) is 13.2 Å². The number of hydrogen-bond donors (Lipinski definition) is 0. The van der Waals surface area contributed by atoms with Crippen LogP contribution in [0.3, 0.4) is 0 Å². The predicted molar refractivity (Wildman–Crippen MR) is 290 cm³/mol. The van der Waals surface area contributed by atoms with E-state index in [4.69, 9.17) is 37.9 Å². The number of hydrogen-bond acceptors (Lipinski definition) is 12. The zero-order valence-corrected chi connectivity index (χ0v) is 46.1. The Kier molecular flexibility index (Phi) is 19.0. The number of esters is 2. The first-order valence-electron chi connectivity index (χ1n) is 28.5. The molecule has 5 fully saturated rings. The van der Waals surface area contributed by atoms with Gasteiger partial charge in [-0.25, -0.2) is 0 Å². The molecule has 9 rings (SSSR count). The van der Waals surface area contributed by atoms with Crippen molar-refractivity contribution in [3.8, 4) is 0 Å². The monoisotopic (exact) mass is 1050 g/mol. The third-order valence-corrected chi connectivity index (χ3v) is 18.5. The van der Waals surface area contributed by atoms with E-state index in [0.29, 0.717) is 45.0 Å². The lowest BCUT2D eigenvalue weighted by atomic mass is 9.44. The maximum atomic E-state index is 14.9. The molecule has 0 amide bonds. The van der Waals surface area contributed by atoms with Crippen molar-refractivity contribution in [3.05, 3.63) is 144 Å². The predicted octanol–water partition coefficient (Wildman–Crippen LogP) is 11.6. The van der Waals surface area contributed by atoms with Crippen molar-refractivity contribution < 1.29 is 57.1 Å². The molecule has 4 aromatic carbocycles. The molecule has 4 saturated carbocycles. The van der Waals surface area contributed by atoms with Crippen molar-refractivity contribution in [2.45, 2.75) is 169 Å². The lowest BCUT2D eigenvalue weighted by Gasteiger charge is -2.60. The third kappa shape index (κ3) is 13.3. The number of rotatable bonds is 23. The van der Waals surface area contributed by atoms with Gasteiger partial charge < -0.3 is 37.9 Å². The summed E-state index contributed by atoms with van der Waals surface area (Å²) in [7, 11) is 0. The summed E-state index contributed by atoms with van der Waals surface area (Å²) in [6.07, 6.45) is 2.25. The van der Waals surface area contributed by atoms with Crippen molar-refractivity contribution in [2.24, 2.45) is 52.3 Å². The zero-order valence-electron chi connectivity index (χ0n) is 46.1. The third-order valence-electron chi connectivity index (χ3n) is 18.5. The van der Waals surface area contributed by atoms with Gasteiger partial charge in [0.2, 0.25) is 0 Å². The van der Waals surface area contributed by atoms with Gasteiger partial charge in [0.15, 0.2) is 6.29 Å². The molecule has 0 N–H and O–H groups in total. The van der Waals surface area contributed by atoms with Crippen LogP contribution in [-0.4, -0.2) is 79.6 Å². The molecule has 12 nitrogen and oxygen atoms in total. The van der Waals surface area contributed by atoms with E-state index >= 15 is 0 Å². The van der Waals surface area contributed by atoms with Crippen LogP contribution in [0.4, 0.5) is 0 Å². The van der Waals surface area contributed by atoms with Gasteiger partial charge in [0.05, 0.1) is 39.6 Å². The van der Waals surface area contributed by atoms with Gasteiger partial charge in [-0.3, -0.25) is 19.2 Å². The molecule has 414 valence electrons. The number of benzene rings is 4. The van der Waals surface area contributed by atoms with Crippen LogP contribution >= 0.6 is 0 Å². The van der Waals surface area contributed by atoms with E-state index < -0.39 is 54.1 Å². The van der Waals surface area contributed by atoms with Gasteiger partial charge in [-0.1, -0.05) is 149 Å². The maximum absolute atomic E-state index is 14.9. The Morgan fingerprint density at radius 3 is 1.75 bits per heavy atom. The summed E-state index contributed by atoms with van der Waals surface area (Å²) >= 11 is 0. The van der Waals surface area contributed by atoms with Crippen LogP contribution in [0.5, 0.6) is 0 Å². The van der Waals surface area contributed by atoms with Gasteiger partial charge in [-0.2, -0.15) is 0 Å². The molecule has 0 radical (unpaired) electrons. The fourth-order valence-electron chi connectivity index (χ4n) is 14.5. The first kappa shape index (κ1) is 56.6. The minimum atomic E-state index is -0.888. The SMILES string of the molecule is CC(=O)O[C@H]1CC[C@@]2(C)[C@@H](CC[C@@H]3[C@@H]2CC(=O)[C@]2(C)C([C@H](C)C(=O)CC[C@@H](C)CO[C@@H]4O[C@H](COCc5ccccc5)[C@@H](OCc5ccccc5)[C@H](OCc5ccccc5)[C@H]4OCc4ccccc4)[C@@H](OC(C)=O)C[C@@H]32)C1. The molecule has 4 aromatic rings. The number of ether oxygens (including phenoxy) is 8. The van der Waals surface area contributed by atoms with Gasteiger partial charge in [-0.15, -0.1) is 0 Å². The van der Waals surface area contributed by atoms with E-state index in [-0.39, 0.29) is 84.9 Å². The van der Waals surface area contributed by atoms with Crippen LogP contribution in [0.1, 0.15) is 122 Å². The summed E-state index contributed by atoms with van der Waals surface area (Å²) < 4.78 is 52.7. The van der Waals surface area contributed by atoms with Gasteiger partial charge in [0.25, 0.3) is 0 Å². The zero-order chi connectivity index (χ0) is 54.1. The molecule has 1 heterocycles. The first-order valence-corrected chi connectivity index (χ1v) is 28.5. The minimum Gasteiger partial charge on any atom is -0.463 e. The van der Waals surface area contributed by atoms with Crippen molar-refractivity contribution in [1.82, 2.24) is 0 Å². The minimum absolute atomic E-state index is 0.00131. The summed E-state index contributed by atoms with van der Waals surface area (Å²) in [6.45, 7) is 13.1. The van der Waals surface area contributed by atoms with Crippen molar-refractivity contribution in [3.63, 3.8) is 0 Å². The van der Waals surface area contributed by atoms with Crippen LogP contribution in [0.2, 0.25) is 0 Å². The molecule has 12 heteroatoms. The Morgan fingerprint density at radius 2 is 1.18 bits per heavy atom. The van der Waals surface area contributed by atoms with E-state index in [1.165, 1.54) is 13.8 Å². The average Bonchev–Trinajstić information content (AvgIpc) is 4.00. The molecule has 77 heavy (non-hydrogen) atoms. The second kappa shape index (κ2) is 25.8. The number of ketones is 2. The highest BCUT2D eigenvalue weighted by molar-refractivity contribution is 5.89. The van der Waals surface area contributed by atoms with Crippen LogP contribution < -0.4 is 0 Å². The van der Waals surface area contributed by atoms with Crippen LogP contribution in [-0.2, 0) is 83.5 Å². The number of carbonyl (C=O) groups excluding carboxylic acids is 4. The normalized spacial score (nSPS) is 32.5. The van der Waals surface area contributed by atoms with E-state index in [1.807, 2.05) is 128 Å². The Morgan fingerprint density at radius 1 is 0.636 bits per heavy atom. The molecule has 5 aliphatic rings. The fourth-order valence-corrected chi connectivity index (χ4v) is 14.5. The Hall–Kier alpha value is -5.08. The Balaban J connectivity index is 0.908. The van der Waals surface area contributed by atoms with Gasteiger partial charge in [0, 0.05) is 43.9 Å². The maximum Gasteiger partial charge on any atom is 0.302 e. The molecule has 1 saturated heterocycles. The molecule has 0 aromatic heterocycles. The summed E-state index contributed by atoms with van der Waals surface area (Å²) in [4.78, 5) is 54.3. The topological polar surface area (TPSA) is 142 Å². The highest BCUT2D eigenvalue weighted by atomic mass is 16.7. The Bertz CT molecular complexity index is 2540. The molecule has 16 atom stereocenters. The largest absolute Gasteiger partial charge is 0.463 e. The molecule has 0 spiro atoms. The lowest BCUT2D eigenvalue weighted by molar-refractivity contribution is -0.329. The van der Waals surface area contributed by atoms with E-state index in [9.17, 15) is 19.2 Å². The van der Waals surface area contributed by atoms with E-state index in [1.54, 1.807) is 0 Å². The van der Waals surface area contributed by atoms with Gasteiger partial charge in [-0.05, 0) is 102 Å². The quantitative estimate of drug-likeness (QED) is 0.0653. The molecule has 0 bridgehead atoms. The number of fused-ring (bicyclic) bond motifs is 5. The average molecular weight is 1060 g/mol. The highest BCUT2D eigenvalue weighted by Gasteiger charge is 2.67. The molecule has 4 aliphatic carbocycles. The fraction of sp³-hybridized carbons (Fsp3) is 0.569. The van der Waals surface area contributed by atoms with E-state index in [2.05, 4.69) is 20.8 Å². The van der Waals surface area contributed by atoms with Crippen molar-refractivity contribution in [1.29, 1.82) is 0 Å². The standard InChI is InChI=1S/C65H82O12/c1-42(27-30-55(68)43(2)59-56(76-45(4)67)34-54-52-29-28-50-33-51(75-44(3)66)31-32-64(50,5)53(52)35-58(69)65(54,59)6)36-74-63-62(73-40-49-25-17-10-18-26-49)61(72-39-48-23-15-9-16-24-48)60(71-38-47-21-13-8-14-22-47)57(77-63)41-70-37-46-19-11-7-12-20-46/h7-26,42-43,50-54,56-57,59-63H,27-41H2,1-6H3/t42-,43-,50+,51+,52-,53+,54+,56+,57-,59?,60-,61+,62-,63-,64+,65-/m1/s1. The first-order chi connectivity index (χ1) is 37.2. The summed E-state index contributed by atoms with van der Waals surface area (Å²) in [5, 5.41) is 0. The summed E-state index contributed by atoms with van der Waals surface area (Å²) in [5.41, 5.74) is 3.17. The van der Waals surface area contributed by atoms with Gasteiger partial charge in [0.1, 0.15) is 48.2 Å². The molecular weight excluding hydrogens is 973 g/mol. The number of carbonyl (C=O) groups is 4. The summed E-state index contributed by atoms with van der Waals surface area (Å²) in [6, 6.07) is 40.1. The Labute approximate surface area is 456 Å². The van der Waals surface area contributed by atoms with Crippen molar-refractivity contribution >= 4 is 23.5 Å². The second-order valence-electron chi connectivity index (χ2n) is 23.5. The van der Waals surface area contributed by atoms with Crippen LogP contribution in [0.15, 0.2) is 121 Å². The molecular formula is C65H82O12. The smallest absolute Gasteiger partial charge is 0.302 e. The molecule has 1 aliphatic heterocycles. The van der Waals surface area contributed by atoms with Crippen LogP contribution in [0, 0.1) is 52.3 Å². The number of Topliss-reactive ketones (excluding diaryl/α,β-unsaturated/α-hetero) is 2. The lowest BCUT2D eigenvalue weighted by Crippen LogP contribution is -2.62. The molecule has 1 unspecified atom stereocenters. The highest BCUT2D eigenvalue weighted by Crippen LogP contribution is 2.68. The second-order valence-corrected chi connectivity index (χ2v) is 23.5. The van der Waals surface area contributed by atoms with Crippen LogP contribution in [0.25, 0.3) is 0 Å².